The highest BCUT2D eigenvalue weighted by Crippen LogP contribution is 2.25. The standard InChI is InChI=1S/C13H18FN3O2/c14-9-4-5-10(11(12(9)15)13(18)19)17-7-1-6-16-8-2-3-8/h4-5,8,16-17H,1-3,6-7,15H2,(H,18,19). The van der Waals surface area contributed by atoms with Gasteiger partial charge in [-0.1, -0.05) is 0 Å². The van der Waals surface area contributed by atoms with E-state index in [1.807, 2.05) is 0 Å². The van der Waals surface area contributed by atoms with Gasteiger partial charge in [-0.15, -0.1) is 0 Å². The molecule has 1 aliphatic rings. The van der Waals surface area contributed by atoms with Crippen LogP contribution in [0.3, 0.4) is 0 Å². The molecular weight excluding hydrogens is 249 g/mol. The smallest absolute Gasteiger partial charge is 0.340 e. The molecule has 0 aliphatic heterocycles. The van der Waals surface area contributed by atoms with E-state index >= 15 is 0 Å². The van der Waals surface area contributed by atoms with Gasteiger partial charge in [-0.2, -0.15) is 0 Å². The van der Waals surface area contributed by atoms with E-state index in [1.165, 1.54) is 25.0 Å². The van der Waals surface area contributed by atoms with Gasteiger partial charge >= 0.3 is 5.97 Å². The normalized spacial score (nSPS) is 14.4. The van der Waals surface area contributed by atoms with Crippen LogP contribution < -0.4 is 16.4 Å². The predicted molar refractivity (Wildman–Crippen MR) is 71.9 cm³/mol. The van der Waals surface area contributed by atoms with Crippen molar-refractivity contribution >= 4 is 17.3 Å². The van der Waals surface area contributed by atoms with Crippen LogP contribution in [-0.2, 0) is 0 Å². The Labute approximate surface area is 111 Å². The Morgan fingerprint density at radius 1 is 1.42 bits per heavy atom. The molecular formula is C13H18FN3O2. The van der Waals surface area contributed by atoms with Gasteiger partial charge in [0, 0.05) is 12.6 Å². The molecule has 0 aromatic heterocycles. The minimum atomic E-state index is -1.23. The Morgan fingerprint density at radius 2 is 2.16 bits per heavy atom. The summed E-state index contributed by atoms with van der Waals surface area (Å²) in [7, 11) is 0. The van der Waals surface area contributed by atoms with Gasteiger partial charge in [-0.25, -0.2) is 9.18 Å². The number of carboxylic acids is 1. The molecule has 6 heteroatoms. The van der Waals surface area contributed by atoms with Gasteiger partial charge in [0.15, 0.2) is 0 Å². The largest absolute Gasteiger partial charge is 0.478 e. The lowest BCUT2D eigenvalue weighted by molar-refractivity contribution is 0.0698. The van der Waals surface area contributed by atoms with Crippen LogP contribution in [0.15, 0.2) is 12.1 Å². The summed E-state index contributed by atoms with van der Waals surface area (Å²) in [5.74, 6) is -1.94. The zero-order chi connectivity index (χ0) is 13.8. The number of anilines is 2. The molecule has 1 aromatic carbocycles. The summed E-state index contributed by atoms with van der Waals surface area (Å²) in [5.41, 5.74) is 5.29. The summed E-state index contributed by atoms with van der Waals surface area (Å²) in [6, 6.07) is 3.24. The molecule has 0 saturated heterocycles. The van der Waals surface area contributed by atoms with Crippen molar-refractivity contribution in [2.75, 3.05) is 24.1 Å². The van der Waals surface area contributed by atoms with Gasteiger partial charge < -0.3 is 21.5 Å². The van der Waals surface area contributed by atoms with Crippen LogP contribution >= 0.6 is 0 Å². The van der Waals surface area contributed by atoms with E-state index in [-0.39, 0.29) is 11.3 Å². The van der Waals surface area contributed by atoms with Gasteiger partial charge in [-0.3, -0.25) is 0 Å². The fourth-order valence-electron chi connectivity index (χ4n) is 1.88. The first-order valence-corrected chi connectivity index (χ1v) is 6.38. The van der Waals surface area contributed by atoms with E-state index < -0.39 is 11.8 Å². The maximum absolute atomic E-state index is 13.2. The zero-order valence-corrected chi connectivity index (χ0v) is 10.6. The second-order valence-corrected chi connectivity index (χ2v) is 4.70. The minimum absolute atomic E-state index is 0.199. The molecule has 1 aliphatic carbocycles. The number of nitrogen functional groups attached to an aromatic ring is 1. The molecule has 5 nitrogen and oxygen atoms in total. The van der Waals surface area contributed by atoms with Crippen LogP contribution in [0.5, 0.6) is 0 Å². The van der Waals surface area contributed by atoms with Crippen molar-refractivity contribution in [3.63, 3.8) is 0 Å². The summed E-state index contributed by atoms with van der Waals surface area (Å²) in [5, 5.41) is 15.4. The molecule has 0 unspecified atom stereocenters. The molecule has 5 N–H and O–H groups in total. The van der Waals surface area contributed by atoms with E-state index in [9.17, 15) is 9.18 Å². The summed E-state index contributed by atoms with van der Waals surface area (Å²) < 4.78 is 13.2. The average Bonchev–Trinajstić information content (AvgIpc) is 3.16. The van der Waals surface area contributed by atoms with Crippen LogP contribution in [0.1, 0.15) is 29.6 Å². The van der Waals surface area contributed by atoms with E-state index in [0.717, 1.165) is 13.0 Å². The molecule has 0 atom stereocenters. The first-order chi connectivity index (χ1) is 9.09. The SMILES string of the molecule is Nc1c(F)ccc(NCCCNC2CC2)c1C(=O)O. The van der Waals surface area contributed by atoms with Crippen LogP contribution in [0.2, 0.25) is 0 Å². The number of aromatic carboxylic acids is 1. The average molecular weight is 267 g/mol. The maximum atomic E-state index is 13.2. The van der Waals surface area contributed by atoms with E-state index in [4.69, 9.17) is 10.8 Å². The third-order valence-electron chi connectivity index (χ3n) is 3.09. The van der Waals surface area contributed by atoms with Crippen molar-refractivity contribution in [2.24, 2.45) is 0 Å². The highest BCUT2D eigenvalue weighted by atomic mass is 19.1. The molecule has 0 bridgehead atoms. The number of carbonyl (C=O) groups is 1. The summed E-state index contributed by atoms with van der Waals surface area (Å²) >= 11 is 0. The quantitative estimate of drug-likeness (QED) is 0.446. The number of rotatable bonds is 7. The highest BCUT2D eigenvalue weighted by Gasteiger charge is 2.20. The lowest BCUT2D eigenvalue weighted by Crippen LogP contribution is -2.20. The van der Waals surface area contributed by atoms with Gasteiger partial charge in [0.2, 0.25) is 0 Å². The number of halogens is 1. The highest BCUT2D eigenvalue weighted by molar-refractivity contribution is 6.00. The maximum Gasteiger partial charge on any atom is 0.340 e. The van der Waals surface area contributed by atoms with Crippen molar-refractivity contribution < 1.29 is 14.3 Å². The molecule has 0 heterocycles. The van der Waals surface area contributed by atoms with Gasteiger partial charge in [0.1, 0.15) is 11.4 Å². The molecule has 0 radical (unpaired) electrons. The molecule has 0 amide bonds. The first kappa shape index (κ1) is 13.6. The van der Waals surface area contributed by atoms with Crippen LogP contribution in [0.25, 0.3) is 0 Å². The summed E-state index contributed by atoms with van der Waals surface area (Å²) in [4.78, 5) is 11.1. The van der Waals surface area contributed by atoms with Crippen molar-refractivity contribution in [2.45, 2.75) is 25.3 Å². The minimum Gasteiger partial charge on any atom is -0.478 e. The van der Waals surface area contributed by atoms with E-state index in [1.54, 1.807) is 0 Å². The van der Waals surface area contributed by atoms with Crippen molar-refractivity contribution in [1.29, 1.82) is 0 Å². The lowest BCUT2D eigenvalue weighted by Gasteiger charge is -2.12. The molecule has 104 valence electrons. The van der Waals surface area contributed by atoms with Crippen LogP contribution in [0.4, 0.5) is 15.8 Å². The van der Waals surface area contributed by atoms with E-state index in [2.05, 4.69) is 10.6 Å². The number of nitrogens with two attached hydrogens (primary N) is 1. The fourth-order valence-corrected chi connectivity index (χ4v) is 1.88. The number of hydrogen-bond donors (Lipinski definition) is 4. The molecule has 2 rings (SSSR count). The van der Waals surface area contributed by atoms with Gasteiger partial charge in [0.05, 0.1) is 11.4 Å². The van der Waals surface area contributed by atoms with Crippen molar-refractivity contribution in [3.8, 4) is 0 Å². The number of carboxylic acid groups (broad SMARTS) is 1. The molecule has 0 spiro atoms. The lowest BCUT2D eigenvalue weighted by atomic mass is 10.1. The number of hydrogen-bond acceptors (Lipinski definition) is 4. The Balaban J connectivity index is 1.91. The monoisotopic (exact) mass is 267 g/mol. The van der Waals surface area contributed by atoms with Crippen molar-refractivity contribution in [3.05, 3.63) is 23.5 Å². The second-order valence-electron chi connectivity index (χ2n) is 4.70. The first-order valence-electron chi connectivity index (χ1n) is 6.38. The second kappa shape index (κ2) is 5.88. The topological polar surface area (TPSA) is 87.4 Å². The molecule has 1 fully saturated rings. The third-order valence-corrected chi connectivity index (χ3v) is 3.09. The number of benzene rings is 1. The van der Waals surface area contributed by atoms with Crippen molar-refractivity contribution in [1.82, 2.24) is 5.32 Å². The third kappa shape index (κ3) is 3.57. The Hall–Kier alpha value is -1.82. The van der Waals surface area contributed by atoms with E-state index in [0.29, 0.717) is 18.3 Å². The Morgan fingerprint density at radius 3 is 2.79 bits per heavy atom. The summed E-state index contributed by atoms with van der Waals surface area (Å²) in [6.07, 6.45) is 3.35. The van der Waals surface area contributed by atoms with Crippen LogP contribution in [0, 0.1) is 5.82 Å². The number of nitrogens with one attached hydrogen (secondary N) is 2. The van der Waals surface area contributed by atoms with Crippen LogP contribution in [-0.4, -0.2) is 30.2 Å². The van der Waals surface area contributed by atoms with Gasteiger partial charge in [0.25, 0.3) is 0 Å². The predicted octanol–water partition coefficient (Wildman–Crippen LogP) is 1.66. The van der Waals surface area contributed by atoms with Gasteiger partial charge in [-0.05, 0) is 37.9 Å². The zero-order valence-electron chi connectivity index (χ0n) is 10.6. The Bertz CT molecular complexity index is 475. The molecule has 1 aromatic rings. The Kier molecular flexibility index (Phi) is 4.21. The fraction of sp³-hybridized carbons (Fsp3) is 0.462. The molecule has 1 saturated carbocycles. The summed E-state index contributed by atoms with van der Waals surface area (Å²) in [6.45, 7) is 1.50. The molecule has 19 heavy (non-hydrogen) atoms.